The number of aryl methyl sites for hydroxylation is 1. The van der Waals surface area contributed by atoms with Gasteiger partial charge in [-0.1, -0.05) is 0 Å². The Morgan fingerprint density at radius 2 is 1.94 bits per heavy atom. The summed E-state index contributed by atoms with van der Waals surface area (Å²) < 4.78 is 26.4. The Bertz CT molecular complexity index is 567. The smallest absolute Gasteiger partial charge is 0.240 e. The van der Waals surface area contributed by atoms with E-state index in [0.29, 0.717) is 11.3 Å². The molecule has 0 fully saturated rings. The molecule has 0 aliphatic heterocycles. The molecule has 0 radical (unpaired) electrons. The third kappa shape index (κ3) is 3.44. The van der Waals surface area contributed by atoms with Crippen molar-refractivity contribution in [1.82, 2.24) is 4.72 Å². The van der Waals surface area contributed by atoms with Crippen LogP contribution in [0.1, 0.15) is 17.5 Å². The second-order valence-corrected chi connectivity index (χ2v) is 5.83. The molecule has 18 heavy (non-hydrogen) atoms. The molecule has 1 rings (SSSR count). The van der Waals surface area contributed by atoms with Crippen LogP contribution in [0.25, 0.3) is 0 Å². The van der Waals surface area contributed by atoms with Gasteiger partial charge < -0.3 is 11.5 Å². The molecule has 0 aromatic heterocycles. The van der Waals surface area contributed by atoms with Gasteiger partial charge in [0, 0.05) is 18.7 Å². The highest BCUT2D eigenvalue weighted by Crippen LogP contribution is 2.22. The normalized spacial score (nSPS) is 11.4. The number of nitrogens with one attached hydrogen (secondary N) is 1. The summed E-state index contributed by atoms with van der Waals surface area (Å²) in [6.45, 7) is 3.38. The number of nitrogen functional groups attached to an aromatic ring is 1. The summed E-state index contributed by atoms with van der Waals surface area (Å²) in [4.78, 5) is 10.7. The molecule has 0 atom stereocenters. The van der Waals surface area contributed by atoms with E-state index < -0.39 is 15.9 Å². The van der Waals surface area contributed by atoms with Crippen molar-refractivity contribution in [3.8, 4) is 0 Å². The minimum Gasteiger partial charge on any atom is -0.398 e. The highest BCUT2D eigenvalue weighted by atomic mass is 32.2. The SMILES string of the molecule is Cc1cc(N)c(C)c(S(=O)(=O)NCCC(N)=O)c1. The van der Waals surface area contributed by atoms with Gasteiger partial charge in [0.1, 0.15) is 0 Å². The Labute approximate surface area is 106 Å². The van der Waals surface area contributed by atoms with E-state index in [1.165, 1.54) is 6.07 Å². The van der Waals surface area contributed by atoms with Crippen LogP contribution < -0.4 is 16.2 Å². The topological polar surface area (TPSA) is 115 Å². The van der Waals surface area contributed by atoms with Crippen LogP contribution in [0.15, 0.2) is 17.0 Å². The summed E-state index contributed by atoms with van der Waals surface area (Å²) >= 11 is 0. The maximum Gasteiger partial charge on any atom is 0.240 e. The van der Waals surface area contributed by atoms with Gasteiger partial charge in [-0.25, -0.2) is 13.1 Å². The molecule has 6 nitrogen and oxygen atoms in total. The molecule has 0 bridgehead atoms. The highest BCUT2D eigenvalue weighted by Gasteiger charge is 2.18. The predicted molar refractivity (Wildman–Crippen MR) is 69.3 cm³/mol. The summed E-state index contributed by atoms with van der Waals surface area (Å²) in [7, 11) is -3.67. The predicted octanol–water partition coefficient (Wildman–Crippen LogP) is 0.0393. The Kier molecular flexibility index (Phi) is 4.31. The fourth-order valence-electron chi connectivity index (χ4n) is 1.52. The lowest BCUT2D eigenvalue weighted by Crippen LogP contribution is -2.28. The van der Waals surface area contributed by atoms with Crippen molar-refractivity contribution in [1.29, 1.82) is 0 Å². The minimum absolute atomic E-state index is 0.0229. The van der Waals surface area contributed by atoms with Gasteiger partial charge in [0.05, 0.1) is 4.90 Å². The number of hydrogen-bond donors (Lipinski definition) is 3. The molecule has 0 saturated carbocycles. The van der Waals surface area contributed by atoms with Crippen molar-refractivity contribution in [3.05, 3.63) is 23.3 Å². The largest absolute Gasteiger partial charge is 0.398 e. The number of benzene rings is 1. The molecule has 1 aromatic carbocycles. The number of nitrogens with two attached hydrogens (primary N) is 2. The van der Waals surface area contributed by atoms with Gasteiger partial charge in [-0.05, 0) is 37.1 Å². The van der Waals surface area contributed by atoms with Crippen LogP contribution in [-0.2, 0) is 14.8 Å². The van der Waals surface area contributed by atoms with Gasteiger partial charge in [0.15, 0.2) is 0 Å². The third-order valence-electron chi connectivity index (χ3n) is 2.50. The van der Waals surface area contributed by atoms with Crippen molar-refractivity contribution >= 4 is 21.6 Å². The summed E-state index contributed by atoms with van der Waals surface area (Å²) in [5.41, 5.74) is 12.3. The number of hydrogen-bond acceptors (Lipinski definition) is 4. The quantitative estimate of drug-likeness (QED) is 0.656. The zero-order chi connectivity index (χ0) is 13.9. The number of anilines is 1. The van der Waals surface area contributed by atoms with E-state index in [1.54, 1.807) is 19.9 Å². The van der Waals surface area contributed by atoms with Crippen LogP contribution in [0.3, 0.4) is 0 Å². The molecule has 7 heteroatoms. The first kappa shape index (κ1) is 14.5. The Balaban J connectivity index is 3.02. The lowest BCUT2D eigenvalue weighted by atomic mass is 10.1. The van der Waals surface area contributed by atoms with Crippen molar-refractivity contribution in [2.24, 2.45) is 5.73 Å². The number of carbonyl (C=O) groups excluding carboxylic acids is 1. The van der Waals surface area contributed by atoms with Crippen LogP contribution in [-0.4, -0.2) is 20.9 Å². The second kappa shape index (κ2) is 5.36. The van der Waals surface area contributed by atoms with Crippen LogP contribution >= 0.6 is 0 Å². The van der Waals surface area contributed by atoms with E-state index in [-0.39, 0.29) is 17.9 Å². The lowest BCUT2D eigenvalue weighted by molar-refractivity contribution is -0.117. The molecule has 0 spiro atoms. The molecular formula is C11H17N3O3S. The number of rotatable bonds is 5. The molecule has 0 aliphatic rings. The van der Waals surface area contributed by atoms with E-state index >= 15 is 0 Å². The van der Waals surface area contributed by atoms with Crippen LogP contribution in [0.4, 0.5) is 5.69 Å². The fraction of sp³-hybridized carbons (Fsp3) is 0.364. The van der Waals surface area contributed by atoms with Gasteiger partial charge in [0.2, 0.25) is 15.9 Å². The summed E-state index contributed by atoms with van der Waals surface area (Å²) in [5, 5.41) is 0. The first-order valence-electron chi connectivity index (χ1n) is 5.38. The summed E-state index contributed by atoms with van der Waals surface area (Å²) in [6.07, 6.45) is -0.0421. The van der Waals surface area contributed by atoms with Crippen molar-refractivity contribution in [2.75, 3.05) is 12.3 Å². The van der Waals surface area contributed by atoms with E-state index in [2.05, 4.69) is 4.72 Å². The van der Waals surface area contributed by atoms with Gasteiger partial charge >= 0.3 is 0 Å². The van der Waals surface area contributed by atoms with Crippen LogP contribution in [0, 0.1) is 13.8 Å². The Morgan fingerprint density at radius 1 is 1.33 bits per heavy atom. The fourth-order valence-corrected chi connectivity index (χ4v) is 2.91. The molecule has 1 amide bonds. The first-order chi connectivity index (χ1) is 8.24. The maximum absolute atomic E-state index is 12.0. The highest BCUT2D eigenvalue weighted by molar-refractivity contribution is 7.89. The standard InChI is InChI=1S/C11H17N3O3S/c1-7-5-9(12)8(2)10(6-7)18(16,17)14-4-3-11(13)15/h5-6,14H,3-4,12H2,1-2H3,(H2,13,15). The summed E-state index contributed by atoms with van der Waals surface area (Å²) in [5.74, 6) is -0.557. The maximum atomic E-state index is 12.0. The van der Waals surface area contributed by atoms with Crippen molar-refractivity contribution in [3.63, 3.8) is 0 Å². The van der Waals surface area contributed by atoms with Gasteiger partial charge in [0.25, 0.3) is 0 Å². The number of amides is 1. The first-order valence-corrected chi connectivity index (χ1v) is 6.87. The van der Waals surface area contributed by atoms with Crippen molar-refractivity contribution < 1.29 is 13.2 Å². The number of sulfonamides is 1. The van der Waals surface area contributed by atoms with Gasteiger partial charge in [-0.2, -0.15) is 0 Å². The zero-order valence-electron chi connectivity index (χ0n) is 10.4. The molecule has 5 N–H and O–H groups in total. The Hall–Kier alpha value is -1.60. The second-order valence-electron chi connectivity index (χ2n) is 4.09. The van der Waals surface area contributed by atoms with Crippen molar-refractivity contribution in [2.45, 2.75) is 25.2 Å². The average molecular weight is 271 g/mol. The minimum atomic E-state index is -3.67. The van der Waals surface area contributed by atoms with E-state index in [0.717, 1.165) is 5.56 Å². The average Bonchev–Trinajstić information content (AvgIpc) is 2.22. The number of primary amides is 1. The van der Waals surface area contributed by atoms with Gasteiger partial charge in [-0.15, -0.1) is 0 Å². The third-order valence-corrected chi connectivity index (χ3v) is 4.08. The molecular weight excluding hydrogens is 254 g/mol. The summed E-state index contributed by atoms with van der Waals surface area (Å²) in [6, 6.07) is 3.25. The molecule has 0 unspecified atom stereocenters. The Morgan fingerprint density at radius 3 is 2.50 bits per heavy atom. The van der Waals surface area contributed by atoms with Crippen LogP contribution in [0.2, 0.25) is 0 Å². The molecule has 0 saturated heterocycles. The van der Waals surface area contributed by atoms with Crippen LogP contribution in [0.5, 0.6) is 0 Å². The monoisotopic (exact) mass is 271 g/mol. The lowest BCUT2D eigenvalue weighted by Gasteiger charge is -2.11. The van der Waals surface area contributed by atoms with Gasteiger partial charge in [-0.3, -0.25) is 4.79 Å². The van der Waals surface area contributed by atoms with E-state index in [1.807, 2.05) is 0 Å². The zero-order valence-corrected chi connectivity index (χ0v) is 11.2. The molecule has 100 valence electrons. The molecule has 1 aromatic rings. The molecule has 0 aliphatic carbocycles. The number of carbonyl (C=O) groups is 1. The molecule has 0 heterocycles. The van der Waals surface area contributed by atoms with E-state index in [4.69, 9.17) is 11.5 Å². The van der Waals surface area contributed by atoms with E-state index in [9.17, 15) is 13.2 Å².